The van der Waals surface area contributed by atoms with E-state index in [-0.39, 0.29) is 18.1 Å². The standard InChI is InChI=1S/C22H21NO6/c1-13(24)29-12-15-11-23-21(22(25)14-6-5-7-16(8-14)26-2)18-10-20(28-4)19(27-3)9-17(15)18/h5-11H,12H2,1-4H3. The van der Waals surface area contributed by atoms with Gasteiger partial charge in [0.15, 0.2) is 11.5 Å². The van der Waals surface area contributed by atoms with Gasteiger partial charge in [-0.1, -0.05) is 12.1 Å². The third-order valence-corrected chi connectivity index (χ3v) is 4.45. The molecule has 7 nitrogen and oxygen atoms in total. The molecule has 0 amide bonds. The second-order valence-corrected chi connectivity index (χ2v) is 6.23. The topological polar surface area (TPSA) is 84.0 Å². The second-order valence-electron chi connectivity index (χ2n) is 6.23. The highest BCUT2D eigenvalue weighted by Crippen LogP contribution is 2.35. The molecule has 0 aliphatic rings. The van der Waals surface area contributed by atoms with Crippen molar-refractivity contribution in [3.05, 3.63) is 59.4 Å². The zero-order valence-corrected chi connectivity index (χ0v) is 16.6. The molecule has 0 fully saturated rings. The molecular weight excluding hydrogens is 374 g/mol. The van der Waals surface area contributed by atoms with Crippen molar-refractivity contribution in [2.75, 3.05) is 21.3 Å². The molecule has 2 aromatic carbocycles. The molecule has 0 unspecified atom stereocenters. The molecule has 7 heteroatoms. The summed E-state index contributed by atoms with van der Waals surface area (Å²) in [5, 5.41) is 1.25. The normalized spacial score (nSPS) is 10.5. The Kier molecular flexibility index (Phi) is 5.97. The number of esters is 1. The number of carbonyl (C=O) groups excluding carboxylic acids is 2. The number of ketones is 1. The van der Waals surface area contributed by atoms with Crippen LogP contribution in [0.25, 0.3) is 10.8 Å². The lowest BCUT2D eigenvalue weighted by Crippen LogP contribution is -2.08. The summed E-state index contributed by atoms with van der Waals surface area (Å²) in [5.41, 5.74) is 1.35. The number of benzene rings is 2. The largest absolute Gasteiger partial charge is 0.497 e. The molecule has 150 valence electrons. The van der Waals surface area contributed by atoms with E-state index in [0.29, 0.717) is 39.1 Å². The maximum absolute atomic E-state index is 13.2. The Balaban J connectivity index is 2.20. The van der Waals surface area contributed by atoms with E-state index in [0.717, 1.165) is 0 Å². The number of nitrogens with zero attached hydrogens (tertiary/aromatic N) is 1. The number of methoxy groups -OCH3 is 3. The van der Waals surface area contributed by atoms with E-state index in [1.807, 2.05) is 0 Å². The van der Waals surface area contributed by atoms with Crippen LogP contribution in [-0.4, -0.2) is 38.1 Å². The van der Waals surface area contributed by atoms with Crippen LogP contribution in [0.15, 0.2) is 42.6 Å². The summed E-state index contributed by atoms with van der Waals surface area (Å²) in [5.74, 6) is 0.863. The van der Waals surface area contributed by atoms with Crippen LogP contribution < -0.4 is 14.2 Å². The predicted molar refractivity (Wildman–Crippen MR) is 107 cm³/mol. The molecular formula is C22H21NO6. The van der Waals surface area contributed by atoms with Crippen molar-refractivity contribution in [1.82, 2.24) is 4.98 Å². The van der Waals surface area contributed by atoms with Crippen LogP contribution in [0.2, 0.25) is 0 Å². The number of hydrogen-bond acceptors (Lipinski definition) is 7. The Morgan fingerprint density at radius 2 is 1.62 bits per heavy atom. The first-order valence-corrected chi connectivity index (χ1v) is 8.84. The average molecular weight is 395 g/mol. The Morgan fingerprint density at radius 1 is 0.931 bits per heavy atom. The second kappa shape index (κ2) is 8.60. The molecule has 1 heterocycles. The minimum absolute atomic E-state index is 0.0297. The van der Waals surface area contributed by atoms with Crippen molar-refractivity contribution in [1.29, 1.82) is 0 Å². The number of carbonyl (C=O) groups is 2. The van der Waals surface area contributed by atoms with E-state index in [2.05, 4.69) is 4.98 Å². The van der Waals surface area contributed by atoms with Crippen LogP contribution in [0.4, 0.5) is 0 Å². The van der Waals surface area contributed by atoms with E-state index in [4.69, 9.17) is 18.9 Å². The Bertz CT molecular complexity index is 1080. The average Bonchev–Trinajstić information content (AvgIpc) is 2.75. The summed E-state index contributed by atoms with van der Waals surface area (Å²) in [6, 6.07) is 10.3. The quantitative estimate of drug-likeness (QED) is 0.447. The molecule has 3 rings (SSSR count). The molecule has 0 bridgehead atoms. The van der Waals surface area contributed by atoms with Crippen molar-refractivity contribution in [3.63, 3.8) is 0 Å². The molecule has 0 saturated carbocycles. The first kappa shape index (κ1) is 20.1. The Hall–Kier alpha value is -3.61. The molecule has 0 atom stereocenters. The Labute approximate surface area is 168 Å². The van der Waals surface area contributed by atoms with Gasteiger partial charge in [-0.25, -0.2) is 0 Å². The van der Waals surface area contributed by atoms with Gasteiger partial charge >= 0.3 is 5.97 Å². The van der Waals surface area contributed by atoms with Crippen LogP contribution in [0.1, 0.15) is 28.5 Å². The lowest BCUT2D eigenvalue weighted by atomic mass is 9.99. The van der Waals surface area contributed by atoms with Gasteiger partial charge < -0.3 is 18.9 Å². The maximum atomic E-state index is 13.2. The van der Waals surface area contributed by atoms with Crippen LogP contribution in [0.5, 0.6) is 17.2 Å². The van der Waals surface area contributed by atoms with Crippen molar-refractivity contribution in [2.24, 2.45) is 0 Å². The lowest BCUT2D eigenvalue weighted by molar-refractivity contribution is -0.142. The minimum atomic E-state index is -0.407. The molecule has 0 N–H and O–H groups in total. The number of fused-ring (bicyclic) bond motifs is 1. The van der Waals surface area contributed by atoms with Crippen LogP contribution in [0.3, 0.4) is 0 Å². The number of aromatic nitrogens is 1. The third-order valence-electron chi connectivity index (χ3n) is 4.45. The number of hydrogen-bond donors (Lipinski definition) is 0. The highest BCUT2D eigenvalue weighted by atomic mass is 16.5. The summed E-state index contributed by atoms with van der Waals surface area (Å²) in [6.07, 6.45) is 1.53. The van der Waals surface area contributed by atoms with Crippen molar-refractivity contribution >= 4 is 22.5 Å². The highest BCUT2D eigenvalue weighted by molar-refractivity contribution is 6.15. The van der Waals surface area contributed by atoms with Gasteiger partial charge in [0.2, 0.25) is 5.78 Å². The molecule has 0 spiro atoms. The first-order chi connectivity index (χ1) is 14.0. The molecule has 0 aliphatic heterocycles. The molecule has 29 heavy (non-hydrogen) atoms. The van der Waals surface area contributed by atoms with Gasteiger partial charge in [-0.2, -0.15) is 0 Å². The smallest absolute Gasteiger partial charge is 0.302 e. The Morgan fingerprint density at radius 3 is 2.24 bits per heavy atom. The van der Waals surface area contributed by atoms with Crippen LogP contribution in [-0.2, 0) is 16.1 Å². The van der Waals surface area contributed by atoms with Crippen molar-refractivity contribution < 1.29 is 28.5 Å². The fraction of sp³-hybridized carbons (Fsp3) is 0.227. The number of ether oxygens (including phenoxy) is 4. The molecule has 1 aromatic heterocycles. The predicted octanol–water partition coefficient (Wildman–Crippen LogP) is 3.55. The van der Waals surface area contributed by atoms with Gasteiger partial charge in [0.25, 0.3) is 0 Å². The zero-order valence-electron chi connectivity index (χ0n) is 16.6. The fourth-order valence-corrected chi connectivity index (χ4v) is 3.00. The minimum Gasteiger partial charge on any atom is -0.497 e. The fourth-order valence-electron chi connectivity index (χ4n) is 3.00. The van der Waals surface area contributed by atoms with Gasteiger partial charge in [-0.05, 0) is 29.7 Å². The van der Waals surface area contributed by atoms with Gasteiger partial charge in [0.05, 0.1) is 21.3 Å². The number of rotatable bonds is 7. The van der Waals surface area contributed by atoms with Crippen LogP contribution >= 0.6 is 0 Å². The van der Waals surface area contributed by atoms with E-state index in [1.165, 1.54) is 34.4 Å². The van der Waals surface area contributed by atoms with Crippen LogP contribution in [0, 0.1) is 0 Å². The molecule has 3 aromatic rings. The van der Waals surface area contributed by atoms with Crippen molar-refractivity contribution in [2.45, 2.75) is 13.5 Å². The van der Waals surface area contributed by atoms with Crippen molar-refractivity contribution in [3.8, 4) is 17.2 Å². The maximum Gasteiger partial charge on any atom is 0.302 e. The first-order valence-electron chi connectivity index (χ1n) is 8.84. The summed E-state index contributed by atoms with van der Waals surface area (Å²) in [4.78, 5) is 28.8. The number of pyridine rings is 1. The van der Waals surface area contributed by atoms with Gasteiger partial charge in [-0.3, -0.25) is 14.6 Å². The van der Waals surface area contributed by atoms with Gasteiger partial charge in [-0.15, -0.1) is 0 Å². The summed E-state index contributed by atoms with van der Waals surface area (Å²) < 4.78 is 21.1. The SMILES string of the molecule is COc1cccc(C(=O)c2ncc(COC(C)=O)c3cc(OC)c(OC)cc23)c1. The third kappa shape index (κ3) is 4.13. The zero-order chi connectivity index (χ0) is 21.0. The van der Waals surface area contributed by atoms with Gasteiger partial charge in [0, 0.05) is 29.6 Å². The lowest BCUT2D eigenvalue weighted by Gasteiger charge is -2.14. The molecule has 0 saturated heterocycles. The summed E-state index contributed by atoms with van der Waals surface area (Å²) >= 11 is 0. The summed E-state index contributed by atoms with van der Waals surface area (Å²) in [6.45, 7) is 1.36. The monoisotopic (exact) mass is 395 g/mol. The summed E-state index contributed by atoms with van der Waals surface area (Å²) in [7, 11) is 4.58. The molecule has 0 aliphatic carbocycles. The molecule has 0 radical (unpaired) electrons. The van der Waals surface area contributed by atoms with E-state index < -0.39 is 5.97 Å². The van der Waals surface area contributed by atoms with Gasteiger partial charge in [0.1, 0.15) is 18.1 Å². The van der Waals surface area contributed by atoms with E-state index >= 15 is 0 Å². The van der Waals surface area contributed by atoms with E-state index in [9.17, 15) is 9.59 Å². The van der Waals surface area contributed by atoms with E-state index in [1.54, 1.807) is 36.4 Å². The highest BCUT2D eigenvalue weighted by Gasteiger charge is 2.20.